The highest BCUT2D eigenvalue weighted by molar-refractivity contribution is 7.70. The lowest BCUT2D eigenvalue weighted by molar-refractivity contribution is 0.0483. The number of anilines is 5. The van der Waals surface area contributed by atoms with Gasteiger partial charge in [0.05, 0.1) is 23.3 Å². The van der Waals surface area contributed by atoms with Gasteiger partial charge >= 0.3 is 0 Å². The molecule has 0 atom stereocenters. The average molecular weight is 581 g/mol. The molecule has 0 amide bonds. The predicted molar refractivity (Wildman–Crippen MR) is 162 cm³/mol. The van der Waals surface area contributed by atoms with Crippen LogP contribution in [0.5, 0.6) is 5.75 Å². The van der Waals surface area contributed by atoms with Crippen LogP contribution >= 0.6 is 18.7 Å². The maximum Gasteiger partial charge on any atom is 0.229 e. The Hall–Kier alpha value is -3.26. The number of para-hydroxylation sites is 1. The molecule has 1 fully saturated rings. The summed E-state index contributed by atoms with van der Waals surface area (Å²) in [4.78, 5) is 13.8. The van der Waals surface area contributed by atoms with E-state index in [-0.39, 0.29) is 0 Å². The van der Waals surface area contributed by atoms with Gasteiger partial charge in [0, 0.05) is 55.6 Å². The first kappa shape index (κ1) is 26.9. The van der Waals surface area contributed by atoms with Crippen LogP contribution in [0.25, 0.3) is 0 Å². The van der Waals surface area contributed by atoms with Gasteiger partial charge in [-0.1, -0.05) is 23.7 Å². The third kappa shape index (κ3) is 5.51. The highest BCUT2D eigenvalue weighted by Gasteiger charge is 2.31. The Labute approximate surface area is 239 Å². The number of hydrogen-bond acceptors (Lipinski definition) is 9. The van der Waals surface area contributed by atoms with Gasteiger partial charge in [0.15, 0.2) is 5.82 Å². The molecule has 1 saturated heterocycles. The molecule has 4 heterocycles. The van der Waals surface area contributed by atoms with Gasteiger partial charge in [-0.25, -0.2) is 4.98 Å². The summed E-state index contributed by atoms with van der Waals surface area (Å²) in [6, 6.07) is 12.1. The number of aromatic nitrogens is 2. The second kappa shape index (κ2) is 11.0. The van der Waals surface area contributed by atoms with Crippen LogP contribution in [0.4, 0.5) is 28.8 Å². The van der Waals surface area contributed by atoms with E-state index in [4.69, 9.17) is 21.1 Å². The van der Waals surface area contributed by atoms with E-state index >= 15 is 0 Å². The van der Waals surface area contributed by atoms with E-state index in [1.54, 1.807) is 19.5 Å². The molecule has 0 bridgehead atoms. The van der Waals surface area contributed by atoms with Gasteiger partial charge in [0.25, 0.3) is 0 Å². The lowest BCUT2D eigenvalue weighted by Crippen LogP contribution is -2.47. The number of nitrogens with one attached hydrogen (secondary N) is 2. The summed E-state index contributed by atoms with van der Waals surface area (Å²) in [5.74, 6) is 1.66. The summed E-state index contributed by atoms with van der Waals surface area (Å²) < 4.78 is 24.6. The molecule has 11 heteroatoms. The molecule has 3 aliphatic rings. The summed E-state index contributed by atoms with van der Waals surface area (Å²) in [7, 11) is -2.51. The molecule has 9 nitrogen and oxygen atoms in total. The van der Waals surface area contributed by atoms with Crippen molar-refractivity contribution in [3.05, 3.63) is 65.1 Å². The van der Waals surface area contributed by atoms with Crippen LogP contribution in [-0.2, 0) is 9.30 Å². The minimum Gasteiger partial charge on any atom is -0.485 e. The normalized spacial score (nSPS) is 17.4. The standard InChI is InChI=1S/C29H34ClN6O3P/c1-19-14-20(15-25-27(19)36-11-10-35(17-22(36)18-39-25)21-8-12-38-13-9-21)32-29-31-16-23(30)28(34-29)33-24-6-4-5-7-26(24)40(2,3)37/h4-7,14-17,21H,8-13,18H2,1-3H3,(H2,31,32,33,34). The Morgan fingerprint density at radius 2 is 1.90 bits per heavy atom. The Morgan fingerprint density at radius 3 is 2.70 bits per heavy atom. The van der Waals surface area contributed by atoms with Gasteiger partial charge in [0.2, 0.25) is 5.95 Å². The number of benzene rings is 2. The third-order valence-electron chi connectivity index (χ3n) is 7.55. The highest BCUT2D eigenvalue weighted by atomic mass is 35.5. The zero-order chi connectivity index (χ0) is 27.9. The number of nitrogens with zero attached hydrogens (tertiary/aromatic N) is 4. The Balaban J connectivity index is 1.22. The van der Waals surface area contributed by atoms with E-state index in [1.807, 2.05) is 30.3 Å². The number of rotatable bonds is 6. The number of halogens is 1. The second-order valence-corrected chi connectivity index (χ2v) is 14.4. The number of hydrogen-bond donors (Lipinski definition) is 2. The lowest BCUT2D eigenvalue weighted by Gasteiger charge is -2.43. The van der Waals surface area contributed by atoms with Crippen LogP contribution in [0, 0.1) is 6.92 Å². The largest absolute Gasteiger partial charge is 0.485 e. The fourth-order valence-electron chi connectivity index (χ4n) is 5.61. The predicted octanol–water partition coefficient (Wildman–Crippen LogP) is 5.71. The summed E-state index contributed by atoms with van der Waals surface area (Å²) >= 11 is 6.44. The molecule has 210 valence electrons. The third-order valence-corrected chi connectivity index (χ3v) is 9.38. The summed E-state index contributed by atoms with van der Waals surface area (Å²) in [5, 5.41) is 7.66. The molecule has 6 rings (SSSR count). The van der Waals surface area contributed by atoms with Gasteiger partial charge in [-0.15, -0.1) is 0 Å². The van der Waals surface area contributed by atoms with E-state index in [9.17, 15) is 4.57 Å². The van der Waals surface area contributed by atoms with Crippen molar-refractivity contribution >= 4 is 52.9 Å². The van der Waals surface area contributed by atoms with Crippen molar-refractivity contribution in [3.63, 3.8) is 0 Å². The summed E-state index contributed by atoms with van der Waals surface area (Å²) in [6.45, 7) is 9.69. The quantitative estimate of drug-likeness (QED) is 0.356. The Morgan fingerprint density at radius 1 is 1.10 bits per heavy atom. The number of ether oxygens (including phenoxy) is 2. The van der Waals surface area contributed by atoms with E-state index in [2.05, 4.69) is 49.6 Å². The van der Waals surface area contributed by atoms with E-state index in [1.165, 1.54) is 5.70 Å². The van der Waals surface area contributed by atoms with Crippen LogP contribution < -0.4 is 25.6 Å². The summed E-state index contributed by atoms with van der Waals surface area (Å²) in [6.07, 6.45) is 5.97. The van der Waals surface area contributed by atoms with Gasteiger partial charge in [0.1, 0.15) is 24.5 Å². The van der Waals surface area contributed by atoms with Crippen molar-refractivity contribution in [2.24, 2.45) is 0 Å². The molecule has 3 aliphatic heterocycles. The molecule has 0 aliphatic carbocycles. The van der Waals surface area contributed by atoms with Gasteiger partial charge in [-0.05, 0) is 56.9 Å². The first-order valence-electron chi connectivity index (χ1n) is 13.6. The van der Waals surface area contributed by atoms with Crippen molar-refractivity contribution in [2.45, 2.75) is 25.8 Å². The molecular formula is C29H34ClN6O3P. The smallest absolute Gasteiger partial charge is 0.229 e. The fourth-order valence-corrected chi connectivity index (χ4v) is 6.90. The first-order chi connectivity index (χ1) is 19.3. The maximum absolute atomic E-state index is 12.8. The molecular weight excluding hydrogens is 547 g/mol. The molecule has 1 aromatic heterocycles. The van der Waals surface area contributed by atoms with Gasteiger partial charge in [-0.2, -0.15) is 4.98 Å². The fraction of sp³-hybridized carbons (Fsp3) is 0.379. The zero-order valence-electron chi connectivity index (χ0n) is 23.0. The highest BCUT2D eigenvalue weighted by Crippen LogP contribution is 2.42. The van der Waals surface area contributed by atoms with Crippen LogP contribution in [0.2, 0.25) is 5.02 Å². The van der Waals surface area contributed by atoms with Crippen molar-refractivity contribution in [3.8, 4) is 5.75 Å². The molecule has 0 spiro atoms. The van der Waals surface area contributed by atoms with Crippen molar-refractivity contribution < 1.29 is 14.0 Å². The Bertz CT molecular complexity index is 1500. The van der Waals surface area contributed by atoms with Crippen molar-refractivity contribution in [1.82, 2.24) is 14.9 Å². The van der Waals surface area contributed by atoms with Crippen LogP contribution in [0.1, 0.15) is 18.4 Å². The topological polar surface area (TPSA) is 91.8 Å². The number of aryl methyl sites for hydroxylation is 1. The van der Waals surface area contributed by atoms with Gasteiger partial charge in [-0.3, -0.25) is 0 Å². The van der Waals surface area contributed by atoms with Gasteiger partial charge < -0.3 is 34.5 Å². The average Bonchev–Trinajstić information content (AvgIpc) is 2.94. The maximum atomic E-state index is 12.8. The van der Waals surface area contributed by atoms with Crippen LogP contribution in [0.3, 0.4) is 0 Å². The number of fused-ring (bicyclic) bond motifs is 3. The molecule has 2 aromatic carbocycles. The lowest BCUT2D eigenvalue weighted by atomic mass is 10.0. The minimum atomic E-state index is -2.51. The van der Waals surface area contributed by atoms with E-state index in [0.717, 1.165) is 67.1 Å². The molecule has 0 radical (unpaired) electrons. The zero-order valence-corrected chi connectivity index (χ0v) is 24.6. The Kier molecular flexibility index (Phi) is 7.38. The van der Waals surface area contributed by atoms with Crippen LogP contribution in [-0.4, -0.2) is 67.1 Å². The molecule has 0 saturated carbocycles. The van der Waals surface area contributed by atoms with E-state index < -0.39 is 7.14 Å². The molecule has 0 unspecified atom stereocenters. The second-order valence-electron chi connectivity index (χ2n) is 10.8. The molecule has 40 heavy (non-hydrogen) atoms. The minimum absolute atomic E-state index is 0.367. The van der Waals surface area contributed by atoms with Crippen molar-refractivity contribution in [2.75, 3.05) is 61.8 Å². The molecule has 3 aromatic rings. The van der Waals surface area contributed by atoms with Crippen molar-refractivity contribution in [1.29, 1.82) is 0 Å². The molecule has 2 N–H and O–H groups in total. The monoisotopic (exact) mass is 580 g/mol. The van der Waals surface area contributed by atoms with Crippen LogP contribution in [0.15, 0.2) is 54.5 Å². The summed E-state index contributed by atoms with van der Waals surface area (Å²) in [5.41, 5.74) is 4.93. The first-order valence-corrected chi connectivity index (χ1v) is 16.5. The SMILES string of the molecule is Cc1cc(Nc2ncc(Cl)c(Nc3ccccc3P(C)(C)=O)n2)cc2c1N1CCN(C3CCOCC3)C=C1CO2. The van der Waals surface area contributed by atoms with E-state index in [0.29, 0.717) is 35.1 Å².